The fourth-order valence-corrected chi connectivity index (χ4v) is 2.86. The average Bonchev–Trinajstić information content (AvgIpc) is 2.38. The summed E-state index contributed by atoms with van der Waals surface area (Å²) in [6, 6.07) is 11.4. The van der Waals surface area contributed by atoms with E-state index in [4.69, 9.17) is 0 Å². The van der Waals surface area contributed by atoms with E-state index in [0.717, 1.165) is 5.92 Å². The molecule has 2 rings (SSSR count). The van der Waals surface area contributed by atoms with E-state index in [1.165, 1.54) is 44.1 Å². The van der Waals surface area contributed by atoms with Crippen LogP contribution < -0.4 is 5.32 Å². The van der Waals surface area contributed by atoms with Gasteiger partial charge in [-0.15, -0.1) is 0 Å². The van der Waals surface area contributed by atoms with Crippen LogP contribution in [0.2, 0.25) is 0 Å². The summed E-state index contributed by atoms with van der Waals surface area (Å²) in [4.78, 5) is 0. The summed E-state index contributed by atoms with van der Waals surface area (Å²) in [6.07, 6.45) is 8.51. The van der Waals surface area contributed by atoms with Crippen LogP contribution in [-0.4, -0.2) is 7.05 Å². The molecule has 16 heavy (non-hydrogen) atoms. The molecule has 1 aliphatic carbocycles. The molecule has 1 aromatic rings. The highest BCUT2D eigenvalue weighted by Gasteiger charge is 2.18. The first-order valence-electron chi connectivity index (χ1n) is 6.62. The summed E-state index contributed by atoms with van der Waals surface area (Å²) in [6.45, 7) is 0. The maximum atomic E-state index is 3.47. The van der Waals surface area contributed by atoms with E-state index in [1.54, 1.807) is 0 Å². The summed E-state index contributed by atoms with van der Waals surface area (Å²) < 4.78 is 0. The first-order chi connectivity index (χ1) is 7.90. The van der Waals surface area contributed by atoms with Gasteiger partial charge in [0.2, 0.25) is 0 Å². The topological polar surface area (TPSA) is 12.0 Å². The lowest BCUT2D eigenvalue weighted by Crippen LogP contribution is -2.21. The van der Waals surface area contributed by atoms with Crippen molar-refractivity contribution in [3.8, 4) is 0 Å². The molecule has 1 atom stereocenters. The Morgan fingerprint density at radius 3 is 2.44 bits per heavy atom. The highest BCUT2D eigenvalue weighted by molar-refractivity contribution is 5.18. The zero-order chi connectivity index (χ0) is 11.2. The molecule has 1 aliphatic rings. The van der Waals surface area contributed by atoms with Crippen LogP contribution in [0.25, 0.3) is 0 Å². The van der Waals surface area contributed by atoms with Crippen LogP contribution in [0, 0.1) is 5.92 Å². The normalized spacial score (nSPS) is 19.6. The molecule has 0 spiro atoms. The Bertz CT molecular complexity index is 288. The number of hydrogen-bond donors (Lipinski definition) is 1. The molecule has 0 bridgehead atoms. The third-order valence-electron chi connectivity index (χ3n) is 3.84. The minimum absolute atomic E-state index is 0.546. The van der Waals surface area contributed by atoms with E-state index in [-0.39, 0.29) is 0 Å². The predicted octanol–water partition coefficient (Wildman–Crippen LogP) is 3.92. The van der Waals surface area contributed by atoms with Gasteiger partial charge in [-0.1, -0.05) is 62.4 Å². The van der Waals surface area contributed by atoms with Crippen LogP contribution in [0.4, 0.5) is 0 Å². The van der Waals surface area contributed by atoms with Gasteiger partial charge in [0.25, 0.3) is 0 Å². The van der Waals surface area contributed by atoms with Gasteiger partial charge in [0.05, 0.1) is 0 Å². The van der Waals surface area contributed by atoms with Crippen LogP contribution in [-0.2, 0) is 0 Å². The maximum Gasteiger partial charge on any atom is 0.0320 e. The monoisotopic (exact) mass is 217 g/mol. The summed E-state index contributed by atoms with van der Waals surface area (Å²) in [7, 11) is 2.08. The molecule has 0 radical (unpaired) electrons. The molecule has 1 aromatic carbocycles. The molecule has 1 fully saturated rings. The number of nitrogens with one attached hydrogen (secondary N) is 1. The lowest BCUT2D eigenvalue weighted by molar-refractivity contribution is 0.306. The van der Waals surface area contributed by atoms with Crippen molar-refractivity contribution in [2.24, 2.45) is 5.92 Å². The summed E-state index contributed by atoms with van der Waals surface area (Å²) in [5.41, 5.74) is 1.44. The van der Waals surface area contributed by atoms with Crippen LogP contribution in [0.3, 0.4) is 0 Å². The van der Waals surface area contributed by atoms with Gasteiger partial charge in [-0.05, 0) is 24.9 Å². The molecule has 0 saturated heterocycles. The van der Waals surface area contributed by atoms with E-state index in [1.807, 2.05) is 0 Å². The van der Waals surface area contributed by atoms with E-state index in [2.05, 4.69) is 42.7 Å². The molecule has 1 heteroatoms. The molecule has 1 saturated carbocycles. The van der Waals surface area contributed by atoms with Gasteiger partial charge in [-0.3, -0.25) is 0 Å². The summed E-state index contributed by atoms with van der Waals surface area (Å²) in [5.74, 6) is 0.936. The Morgan fingerprint density at radius 1 is 1.12 bits per heavy atom. The molecule has 1 unspecified atom stereocenters. The van der Waals surface area contributed by atoms with Crippen molar-refractivity contribution in [2.75, 3.05) is 7.05 Å². The average molecular weight is 217 g/mol. The minimum Gasteiger partial charge on any atom is -0.313 e. The predicted molar refractivity (Wildman–Crippen MR) is 69.4 cm³/mol. The van der Waals surface area contributed by atoms with Gasteiger partial charge in [0.1, 0.15) is 0 Å². The highest BCUT2D eigenvalue weighted by atomic mass is 14.9. The molecule has 1 nitrogen and oxygen atoms in total. The van der Waals surface area contributed by atoms with Crippen molar-refractivity contribution in [2.45, 2.75) is 44.6 Å². The Labute approximate surface area is 99.3 Å². The second-order valence-electron chi connectivity index (χ2n) is 4.99. The second-order valence-corrected chi connectivity index (χ2v) is 4.99. The molecule has 1 N–H and O–H groups in total. The zero-order valence-corrected chi connectivity index (χ0v) is 10.3. The quantitative estimate of drug-likeness (QED) is 0.806. The molecule has 0 aliphatic heterocycles. The van der Waals surface area contributed by atoms with Gasteiger partial charge >= 0.3 is 0 Å². The number of benzene rings is 1. The van der Waals surface area contributed by atoms with Gasteiger partial charge < -0.3 is 5.32 Å². The van der Waals surface area contributed by atoms with E-state index in [9.17, 15) is 0 Å². The lowest BCUT2D eigenvalue weighted by atomic mass is 9.83. The Kier molecular flexibility index (Phi) is 4.41. The molecular formula is C15H23N. The smallest absolute Gasteiger partial charge is 0.0320 e. The Balaban J connectivity index is 1.94. The summed E-state index contributed by atoms with van der Waals surface area (Å²) >= 11 is 0. The molecule has 0 amide bonds. The second kappa shape index (κ2) is 6.05. The lowest BCUT2D eigenvalue weighted by Gasteiger charge is -2.26. The molecular weight excluding hydrogens is 194 g/mol. The van der Waals surface area contributed by atoms with Gasteiger partial charge in [0, 0.05) is 6.04 Å². The SMILES string of the molecule is CNC(CC1CCCCC1)c1ccccc1. The maximum absolute atomic E-state index is 3.47. The van der Waals surface area contributed by atoms with Crippen LogP contribution in [0.15, 0.2) is 30.3 Å². The van der Waals surface area contributed by atoms with E-state index in [0.29, 0.717) is 6.04 Å². The molecule has 0 aromatic heterocycles. The van der Waals surface area contributed by atoms with E-state index >= 15 is 0 Å². The van der Waals surface area contributed by atoms with Crippen LogP contribution in [0.1, 0.15) is 50.1 Å². The fraction of sp³-hybridized carbons (Fsp3) is 0.600. The van der Waals surface area contributed by atoms with Gasteiger partial charge in [-0.2, -0.15) is 0 Å². The largest absolute Gasteiger partial charge is 0.313 e. The van der Waals surface area contributed by atoms with Gasteiger partial charge in [0.15, 0.2) is 0 Å². The Morgan fingerprint density at radius 2 is 1.81 bits per heavy atom. The van der Waals surface area contributed by atoms with Crippen LogP contribution in [0.5, 0.6) is 0 Å². The third-order valence-corrected chi connectivity index (χ3v) is 3.84. The van der Waals surface area contributed by atoms with Crippen LogP contribution >= 0.6 is 0 Å². The third kappa shape index (κ3) is 3.08. The molecule has 0 heterocycles. The standard InChI is InChI=1S/C15H23N/c1-16-15(14-10-6-3-7-11-14)12-13-8-4-2-5-9-13/h3,6-7,10-11,13,15-16H,2,4-5,8-9,12H2,1H3. The first-order valence-corrected chi connectivity index (χ1v) is 6.62. The summed E-state index contributed by atoms with van der Waals surface area (Å²) in [5, 5.41) is 3.47. The zero-order valence-electron chi connectivity index (χ0n) is 10.3. The van der Waals surface area contributed by atoms with Crippen molar-refractivity contribution in [3.63, 3.8) is 0 Å². The van der Waals surface area contributed by atoms with Crippen molar-refractivity contribution in [1.29, 1.82) is 0 Å². The minimum atomic E-state index is 0.546. The van der Waals surface area contributed by atoms with Crippen molar-refractivity contribution >= 4 is 0 Å². The van der Waals surface area contributed by atoms with Gasteiger partial charge in [-0.25, -0.2) is 0 Å². The number of rotatable bonds is 4. The first kappa shape index (κ1) is 11.7. The van der Waals surface area contributed by atoms with Crippen molar-refractivity contribution in [1.82, 2.24) is 5.32 Å². The highest BCUT2D eigenvalue weighted by Crippen LogP contribution is 2.31. The Hall–Kier alpha value is -0.820. The van der Waals surface area contributed by atoms with E-state index < -0.39 is 0 Å². The fourth-order valence-electron chi connectivity index (χ4n) is 2.86. The number of hydrogen-bond acceptors (Lipinski definition) is 1. The molecule has 88 valence electrons. The van der Waals surface area contributed by atoms with Crippen molar-refractivity contribution < 1.29 is 0 Å². The van der Waals surface area contributed by atoms with Crippen molar-refractivity contribution in [3.05, 3.63) is 35.9 Å².